The Morgan fingerprint density at radius 1 is 0.341 bits per heavy atom. The zero-order valence-corrected chi connectivity index (χ0v) is 23.7. The van der Waals surface area contributed by atoms with Gasteiger partial charge in [0, 0.05) is 58.4 Å². The van der Waals surface area contributed by atoms with Crippen molar-refractivity contribution >= 4 is 21.8 Å². The van der Waals surface area contributed by atoms with Crippen LogP contribution in [0, 0.1) is 0 Å². The number of hydrogen-bond donors (Lipinski definition) is 0. The molecule has 3 aromatic carbocycles. The Balaban J connectivity index is 1.17. The first-order valence-corrected chi connectivity index (χ1v) is 14.5. The van der Waals surface area contributed by atoms with Crippen LogP contribution >= 0.6 is 0 Å². The van der Waals surface area contributed by atoms with Gasteiger partial charge in [0.25, 0.3) is 0 Å². The molecule has 0 atom stereocenters. The lowest BCUT2D eigenvalue weighted by Gasteiger charge is -2.11. The summed E-state index contributed by atoms with van der Waals surface area (Å²) in [5.41, 5.74) is 12.1. The second-order valence-electron chi connectivity index (χ2n) is 10.7. The molecular formula is C39H25N5. The smallest absolute Gasteiger partial charge is 0.0893 e. The summed E-state index contributed by atoms with van der Waals surface area (Å²) in [5.74, 6) is 0. The zero-order valence-electron chi connectivity index (χ0n) is 23.7. The molecule has 5 nitrogen and oxygen atoms in total. The van der Waals surface area contributed by atoms with Gasteiger partial charge in [0.2, 0.25) is 0 Å². The van der Waals surface area contributed by atoms with E-state index in [2.05, 4.69) is 99.9 Å². The summed E-state index contributed by atoms with van der Waals surface area (Å²) in [7, 11) is 0. The molecule has 0 fully saturated rings. The molecule has 0 aliphatic heterocycles. The molecule has 0 unspecified atom stereocenters. The van der Waals surface area contributed by atoms with Gasteiger partial charge in [-0.05, 0) is 95.1 Å². The second kappa shape index (κ2) is 11.0. The number of fused-ring (bicyclic) bond motifs is 2. The highest BCUT2D eigenvalue weighted by Gasteiger charge is 2.11. The van der Waals surface area contributed by atoms with Crippen molar-refractivity contribution in [2.45, 2.75) is 0 Å². The molecule has 5 aromatic heterocycles. The van der Waals surface area contributed by atoms with Gasteiger partial charge in [-0.2, -0.15) is 0 Å². The Morgan fingerprint density at radius 3 is 1.73 bits per heavy atom. The van der Waals surface area contributed by atoms with Crippen LogP contribution in [0.3, 0.4) is 0 Å². The molecule has 0 amide bonds. The zero-order chi connectivity index (χ0) is 29.3. The molecule has 0 bridgehead atoms. The summed E-state index contributed by atoms with van der Waals surface area (Å²) < 4.78 is 0. The molecule has 0 spiro atoms. The Labute approximate surface area is 254 Å². The van der Waals surface area contributed by atoms with E-state index in [9.17, 15) is 0 Å². The Morgan fingerprint density at radius 2 is 1.00 bits per heavy atom. The summed E-state index contributed by atoms with van der Waals surface area (Å²) in [4.78, 5) is 23.2. The van der Waals surface area contributed by atoms with E-state index in [-0.39, 0.29) is 0 Å². The lowest BCUT2D eigenvalue weighted by molar-refractivity contribution is 1.28. The molecule has 0 saturated heterocycles. The number of rotatable bonds is 5. The summed E-state index contributed by atoms with van der Waals surface area (Å²) >= 11 is 0. The van der Waals surface area contributed by atoms with Crippen molar-refractivity contribution < 1.29 is 0 Å². The molecule has 0 saturated carbocycles. The van der Waals surface area contributed by atoms with Crippen molar-refractivity contribution in [1.82, 2.24) is 24.9 Å². The van der Waals surface area contributed by atoms with Crippen LogP contribution in [-0.2, 0) is 0 Å². The SMILES string of the molecule is c1ccc(-c2ccc3ccc(-c4ccc5nc(-c6cc(-c7cccnc7)cc(-c7cccnc7)c6)ccc5c4)cc3n2)nc1. The molecule has 8 aromatic rings. The Hall–Kier alpha value is -6.07. The van der Waals surface area contributed by atoms with Crippen LogP contribution in [-0.4, -0.2) is 24.9 Å². The Kier molecular flexibility index (Phi) is 6.39. The minimum absolute atomic E-state index is 0.866. The highest BCUT2D eigenvalue weighted by atomic mass is 14.8. The first-order valence-electron chi connectivity index (χ1n) is 14.5. The van der Waals surface area contributed by atoms with E-state index in [0.717, 1.165) is 77.8 Å². The quantitative estimate of drug-likeness (QED) is 0.209. The van der Waals surface area contributed by atoms with Crippen molar-refractivity contribution in [3.63, 3.8) is 0 Å². The van der Waals surface area contributed by atoms with Gasteiger partial charge < -0.3 is 0 Å². The highest BCUT2D eigenvalue weighted by Crippen LogP contribution is 2.33. The average Bonchev–Trinajstić information content (AvgIpc) is 3.11. The van der Waals surface area contributed by atoms with E-state index in [1.165, 1.54) is 0 Å². The second-order valence-corrected chi connectivity index (χ2v) is 10.7. The molecule has 206 valence electrons. The average molecular weight is 564 g/mol. The van der Waals surface area contributed by atoms with Gasteiger partial charge in [0.15, 0.2) is 0 Å². The van der Waals surface area contributed by atoms with Crippen molar-refractivity contribution in [3.05, 3.63) is 152 Å². The number of benzene rings is 3. The third-order valence-corrected chi connectivity index (χ3v) is 7.86. The number of pyridine rings is 5. The minimum atomic E-state index is 0.866. The van der Waals surface area contributed by atoms with Crippen LogP contribution in [0.1, 0.15) is 0 Å². The van der Waals surface area contributed by atoms with E-state index >= 15 is 0 Å². The molecule has 0 aliphatic rings. The van der Waals surface area contributed by atoms with Gasteiger partial charge in [-0.15, -0.1) is 0 Å². The number of nitrogens with zero attached hydrogens (tertiary/aromatic N) is 5. The van der Waals surface area contributed by atoms with Gasteiger partial charge in [0.1, 0.15) is 0 Å². The topological polar surface area (TPSA) is 64.5 Å². The molecule has 5 heteroatoms. The van der Waals surface area contributed by atoms with E-state index in [4.69, 9.17) is 9.97 Å². The maximum atomic E-state index is 5.09. The normalized spacial score (nSPS) is 11.2. The molecule has 0 radical (unpaired) electrons. The van der Waals surface area contributed by atoms with Gasteiger partial charge >= 0.3 is 0 Å². The molecule has 5 heterocycles. The molecule has 8 rings (SSSR count). The minimum Gasteiger partial charge on any atom is -0.264 e. The van der Waals surface area contributed by atoms with Crippen LogP contribution in [0.15, 0.2) is 152 Å². The van der Waals surface area contributed by atoms with Gasteiger partial charge in [0.05, 0.1) is 28.1 Å². The maximum Gasteiger partial charge on any atom is 0.0893 e. The van der Waals surface area contributed by atoms with Gasteiger partial charge in [-0.25, -0.2) is 9.97 Å². The van der Waals surface area contributed by atoms with E-state index in [1.54, 1.807) is 18.6 Å². The largest absolute Gasteiger partial charge is 0.264 e. The van der Waals surface area contributed by atoms with E-state index in [1.807, 2.05) is 48.8 Å². The van der Waals surface area contributed by atoms with Crippen molar-refractivity contribution in [2.75, 3.05) is 0 Å². The standard InChI is InChI=1S/C39H25N5/c1-2-18-42-37(7-1)38-15-10-26-8-9-28(23-39(26)44-38)27-11-13-35-29(19-27)12-14-36(43-35)34-21-32(30-5-3-16-40-24-30)20-33(22-34)31-6-4-17-41-25-31/h1-25H. The lowest BCUT2D eigenvalue weighted by atomic mass is 9.95. The fourth-order valence-corrected chi connectivity index (χ4v) is 5.60. The van der Waals surface area contributed by atoms with Crippen molar-refractivity contribution in [1.29, 1.82) is 0 Å². The third kappa shape index (κ3) is 4.97. The van der Waals surface area contributed by atoms with Crippen LogP contribution in [0.4, 0.5) is 0 Å². The molecule has 0 aliphatic carbocycles. The first-order chi connectivity index (χ1) is 21.8. The van der Waals surface area contributed by atoms with E-state index < -0.39 is 0 Å². The molecule has 44 heavy (non-hydrogen) atoms. The summed E-state index contributed by atoms with van der Waals surface area (Å²) in [6.45, 7) is 0. The predicted molar refractivity (Wildman–Crippen MR) is 178 cm³/mol. The number of hydrogen-bond acceptors (Lipinski definition) is 5. The summed E-state index contributed by atoms with van der Waals surface area (Å²) in [6.07, 6.45) is 9.17. The van der Waals surface area contributed by atoms with Crippen LogP contribution in [0.2, 0.25) is 0 Å². The Bertz CT molecular complexity index is 2210. The van der Waals surface area contributed by atoms with Crippen LogP contribution < -0.4 is 0 Å². The fraction of sp³-hybridized carbons (Fsp3) is 0. The van der Waals surface area contributed by atoms with E-state index in [0.29, 0.717) is 0 Å². The predicted octanol–water partition coefficient (Wildman–Crippen LogP) is 9.30. The third-order valence-electron chi connectivity index (χ3n) is 7.86. The van der Waals surface area contributed by atoms with Crippen molar-refractivity contribution in [3.8, 4) is 56.0 Å². The van der Waals surface area contributed by atoms with Crippen molar-refractivity contribution in [2.24, 2.45) is 0 Å². The van der Waals surface area contributed by atoms with Gasteiger partial charge in [-0.1, -0.05) is 48.5 Å². The lowest BCUT2D eigenvalue weighted by Crippen LogP contribution is -1.90. The summed E-state index contributed by atoms with van der Waals surface area (Å²) in [5, 5.41) is 2.18. The monoisotopic (exact) mass is 563 g/mol. The molecular weight excluding hydrogens is 538 g/mol. The first kappa shape index (κ1) is 25.6. The summed E-state index contributed by atoms with van der Waals surface area (Å²) in [6, 6.07) is 41.7. The van der Waals surface area contributed by atoms with Crippen LogP contribution in [0.5, 0.6) is 0 Å². The fourth-order valence-electron chi connectivity index (χ4n) is 5.60. The van der Waals surface area contributed by atoms with Crippen LogP contribution in [0.25, 0.3) is 77.8 Å². The maximum absolute atomic E-state index is 5.09. The van der Waals surface area contributed by atoms with Gasteiger partial charge in [-0.3, -0.25) is 15.0 Å². The highest BCUT2D eigenvalue weighted by molar-refractivity contribution is 5.90. The molecule has 0 N–H and O–H groups in total. The number of aromatic nitrogens is 5.